The van der Waals surface area contributed by atoms with Gasteiger partial charge in [-0.15, -0.1) is 0 Å². The van der Waals surface area contributed by atoms with E-state index in [9.17, 15) is 19.2 Å². The number of likely N-dealkylation sites (tertiary alicyclic amines) is 2. The van der Waals surface area contributed by atoms with Crippen molar-refractivity contribution in [1.82, 2.24) is 9.80 Å². The number of benzene rings is 1. The molecule has 0 atom stereocenters. The van der Waals surface area contributed by atoms with Crippen LogP contribution < -0.4 is 10.5 Å². The topological polar surface area (TPSA) is 110 Å². The predicted octanol–water partition coefficient (Wildman–Crippen LogP) is 0.552. The molecule has 2 N–H and O–H groups in total. The minimum atomic E-state index is -0.435. The Morgan fingerprint density at radius 3 is 2.12 bits per heavy atom. The highest BCUT2D eigenvalue weighted by molar-refractivity contribution is 6.05. The summed E-state index contributed by atoms with van der Waals surface area (Å²) in [6.07, 6.45) is 2.65. The van der Waals surface area contributed by atoms with Gasteiger partial charge in [0.25, 0.3) is 5.91 Å². The van der Waals surface area contributed by atoms with Crippen LogP contribution in [0.15, 0.2) is 24.3 Å². The molecule has 0 spiro atoms. The normalized spacial score (nSPS) is 16.3. The molecular formula is C18H23N3O5. The van der Waals surface area contributed by atoms with E-state index in [4.69, 9.17) is 10.5 Å². The van der Waals surface area contributed by atoms with Crippen molar-refractivity contribution in [3.63, 3.8) is 0 Å². The zero-order valence-electron chi connectivity index (χ0n) is 14.8. The fraction of sp³-hybridized carbons (Fsp3) is 0.444. The number of amides is 4. The molecule has 0 aromatic heterocycles. The first-order chi connectivity index (χ1) is 12.4. The number of rotatable bonds is 4. The molecule has 3 rings (SSSR count). The molecule has 8 heteroatoms. The van der Waals surface area contributed by atoms with Crippen molar-refractivity contribution >= 4 is 23.6 Å². The summed E-state index contributed by atoms with van der Waals surface area (Å²) in [5.41, 5.74) is 5.43. The second-order valence-electron chi connectivity index (χ2n) is 6.07. The molecule has 2 aliphatic heterocycles. The molecule has 0 saturated carbocycles. The standard InChI is InChI=1S/C12H13NO3.C6H10N2O2/c1-16-10-6-4-9(5-7-10)12(15)13-8-2-3-11(13)14;7-5(9)4-8-3-1-2-6(8)10/h4-7H,2-3,8H2,1H3;1-4H2,(H2,7,9). The summed E-state index contributed by atoms with van der Waals surface area (Å²) in [6.45, 7) is 1.30. The van der Waals surface area contributed by atoms with E-state index in [0.717, 1.165) is 12.8 Å². The molecule has 26 heavy (non-hydrogen) atoms. The van der Waals surface area contributed by atoms with Gasteiger partial charge >= 0.3 is 0 Å². The average Bonchev–Trinajstić information content (AvgIpc) is 3.23. The van der Waals surface area contributed by atoms with E-state index >= 15 is 0 Å². The number of hydrogen-bond donors (Lipinski definition) is 1. The second kappa shape index (κ2) is 8.98. The molecule has 8 nitrogen and oxygen atoms in total. The molecule has 0 aliphatic carbocycles. The van der Waals surface area contributed by atoms with Crippen molar-refractivity contribution < 1.29 is 23.9 Å². The van der Waals surface area contributed by atoms with Crippen LogP contribution in [0, 0.1) is 0 Å². The van der Waals surface area contributed by atoms with E-state index in [-0.39, 0.29) is 24.3 Å². The van der Waals surface area contributed by atoms with E-state index in [1.165, 1.54) is 9.80 Å². The van der Waals surface area contributed by atoms with Crippen molar-refractivity contribution in [1.29, 1.82) is 0 Å². The fourth-order valence-corrected chi connectivity index (χ4v) is 2.81. The Balaban J connectivity index is 0.000000209. The van der Waals surface area contributed by atoms with Gasteiger partial charge in [0.1, 0.15) is 5.75 Å². The van der Waals surface area contributed by atoms with Crippen LogP contribution in [0.2, 0.25) is 0 Å². The van der Waals surface area contributed by atoms with Gasteiger partial charge in [-0.1, -0.05) is 0 Å². The first-order valence-corrected chi connectivity index (χ1v) is 8.47. The number of nitrogens with zero attached hydrogens (tertiary/aromatic N) is 2. The number of methoxy groups -OCH3 is 1. The largest absolute Gasteiger partial charge is 0.497 e. The Bertz CT molecular complexity index is 687. The number of nitrogens with two attached hydrogens (primary N) is 1. The number of hydrogen-bond acceptors (Lipinski definition) is 5. The van der Waals surface area contributed by atoms with Crippen LogP contribution in [-0.2, 0) is 14.4 Å². The van der Waals surface area contributed by atoms with Crippen LogP contribution in [0.1, 0.15) is 36.0 Å². The Labute approximate surface area is 151 Å². The van der Waals surface area contributed by atoms with Gasteiger partial charge in [-0.25, -0.2) is 0 Å². The zero-order valence-corrected chi connectivity index (χ0v) is 14.8. The number of primary amides is 1. The monoisotopic (exact) mass is 361 g/mol. The van der Waals surface area contributed by atoms with Gasteiger partial charge in [0.2, 0.25) is 17.7 Å². The smallest absolute Gasteiger partial charge is 0.260 e. The minimum absolute atomic E-state index is 0.0406. The van der Waals surface area contributed by atoms with E-state index in [1.807, 2.05) is 0 Å². The maximum atomic E-state index is 11.9. The highest BCUT2D eigenvalue weighted by Crippen LogP contribution is 2.17. The molecule has 1 aromatic carbocycles. The SMILES string of the molecule is COc1ccc(C(=O)N2CCCC2=O)cc1.NC(=O)CN1CCCC1=O. The van der Waals surface area contributed by atoms with Crippen LogP contribution in [0.5, 0.6) is 5.75 Å². The van der Waals surface area contributed by atoms with Gasteiger partial charge in [-0.3, -0.25) is 24.1 Å². The van der Waals surface area contributed by atoms with Crippen molar-refractivity contribution in [3.05, 3.63) is 29.8 Å². The van der Waals surface area contributed by atoms with Gasteiger partial charge in [-0.05, 0) is 37.1 Å². The summed E-state index contributed by atoms with van der Waals surface area (Å²) < 4.78 is 5.00. The quantitative estimate of drug-likeness (QED) is 0.788. The first kappa shape index (κ1) is 19.4. The third-order valence-corrected chi connectivity index (χ3v) is 4.17. The molecule has 140 valence electrons. The fourth-order valence-electron chi connectivity index (χ4n) is 2.81. The maximum Gasteiger partial charge on any atom is 0.260 e. The molecule has 2 saturated heterocycles. The highest BCUT2D eigenvalue weighted by atomic mass is 16.5. The van der Waals surface area contributed by atoms with Crippen LogP contribution in [0.3, 0.4) is 0 Å². The van der Waals surface area contributed by atoms with Crippen molar-refractivity contribution in [2.45, 2.75) is 25.7 Å². The zero-order chi connectivity index (χ0) is 19.1. The first-order valence-electron chi connectivity index (χ1n) is 8.47. The number of carbonyl (C=O) groups excluding carboxylic acids is 4. The molecule has 0 bridgehead atoms. The van der Waals surface area contributed by atoms with Crippen molar-refractivity contribution in [2.75, 3.05) is 26.7 Å². The summed E-state index contributed by atoms with van der Waals surface area (Å²) >= 11 is 0. The molecular weight excluding hydrogens is 338 g/mol. The molecule has 0 radical (unpaired) electrons. The second-order valence-corrected chi connectivity index (χ2v) is 6.07. The number of carbonyl (C=O) groups is 4. The van der Waals surface area contributed by atoms with Gasteiger partial charge in [0.15, 0.2) is 0 Å². The number of ether oxygens (including phenoxy) is 1. The Morgan fingerprint density at radius 1 is 1.04 bits per heavy atom. The molecule has 1 aromatic rings. The van der Waals surface area contributed by atoms with Crippen LogP contribution in [-0.4, -0.2) is 60.2 Å². The lowest BCUT2D eigenvalue weighted by Crippen LogP contribution is -2.34. The Hall–Kier alpha value is -2.90. The lowest BCUT2D eigenvalue weighted by atomic mass is 10.2. The van der Waals surface area contributed by atoms with E-state index < -0.39 is 5.91 Å². The van der Waals surface area contributed by atoms with E-state index in [1.54, 1.807) is 31.4 Å². The lowest BCUT2D eigenvalue weighted by molar-refractivity contribution is -0.132. The van der Waals surface area contributed by atoms with Crippen molar-refractivity contribution in [3.8, 4) is 5.75 Å². The Kier molecular flexibility index (Phi) is 6.71. The molecule has 2 fully saturated rings. The Morgan fingerprint density at radius 2 is 1.65 bits per heavy atom. The van der Waals surface area contributed by atoms with Gasteiger partial charge < -0.3 is 15.4 Å². The maximum absolute atomic E-state index is 11.9. The summed E-state index contributed by atoms with van der Waals surface area (Å²) in [4.78, 5) is 47.3. The van der Waals surface area contributed by atoms with Crippen LogP contribution in [0.25, 0.3) is 0 Å². The van der Waals surface area contributed by atoms with Gasteiger partial charge in [0, 0.05) is 31.5 Å². The summed E-state index contributed by atoms with van der Waals surface area (Å²) in [5, 5.41) is 0. The van der Waals surface area contributed by atoms with Gasteiger partial charge in [0.05, 0.1) is 13.7 Å². The van der Waals surface area contributed by atoms with Gasteiger partial charge in [-0.2, -0.15) is 0 Å². The predicted molar refractivity (Wildman–Crippen MR) is 93.3 cm³/mol. The highest BCUT2D eigenvalue weighted by Gasteiger charge is 2.27. The summed E-state index contributed by atoms with van der Waals surface area (Å²) in [7, 11) is 1.57. The third-order valence-electron chi connectivity index (χ3n) is 4.17. The minimum Gasteiger partial charge on any atom is -0.497 e. The van der Waals surface area contributed by atoms with Crippen LogP contribution >= 0.6 is 0 Å². The number of imide groups is 1. The average molecular weight is 361 g/mol. The van der Waals surface area contributed by atoms with E-state index in [0.29, 0.717) is 37.2 Å². The molecule has 0 unspecified atom stereocenters. The molecule has 2 aliphatic rings. The van der Waals surface area contributed by atoms with E-state index in [2.05, 4.69) is 0 Å². The van der Waals surface area contributed by atoms with Crippen molar-refractivity contribution in [2.24, 2.45) is 5.73 Å². The lowest BCUT2D eigenvalue weighted by Gasteiger charge is -2.13. The third kappa shape index (κ3) is 5.05. The summed E-state index contributed by atoms with van der Waals surface area (Å²) in [6, 6.07) is 6.78. The van der Waals surface area contributed by atoms with Crippen LogP contribution in [0.4, 0.5) is 0 Å². The molecule has 2 heterocycles. The molecule has 4 amide bonds. The summed E-state index contributed by atoms with van der Waals surface area (Å²) in [5.74, 6) is 0.00400.